The molecule has 0 aliphatic carbocycles. The number of aryl methyl sites for hydroxylation is 3. The first kappa shape index (κ1) is 12.1. The number of hydrogen-bond acceptors (Lipinski definition) is 3. The lowest BCUT2D eigenvalue weighted by molar-refractivity contribution is 0.190. The summed E-state index contributed by atoms with van der Waals surface area (Å²) in [6, 6.07) is 9.69. The predicted molar refractivity (Wildman–Crippen MR) is 73.2 cm³/mol. The van der Waals surface area contributed by atoms with Crippen LogP contribution in [-0.4, -0.2) is 5.11 Å². The molecule has 3 aromatic rings. The van der Waals surface area contributed by atoms with E-state index in [0.29, 0.717) is 5.76 Å². The van der Waals surface area contributed by atoms with Crippen molar-refractivity contribution < 1.29 is 13.9 Å². The van der Waals surface area contributed by atoms with Crippen LogP contribution in [0.15, 0.2) is 39.2 Å². The highest BCUT2D eigenvalue weighted by molar-refractivity contribution is 5.81. The van der Waals surface area contributed by atoms with E-state index in [1.807, 2.05) is 51.1 Å². The molecule has 0 bridgehead atoms. The van der Waals surface area contributed by atoms with Gasteiger partial charge in [-0.05, 0) is 38.5 Å². The smallest absolute Gasteiger partial charge is 0.140 e. The maximum Gasteiger partial charge on any atom is 0.140 e. The molecule has 0 aliphatic rings. The second-order valence-corrected chi connectivity index (χ2v) is 4.91. The quantitative estimate of drug-likeness (QED) is 0.752. The molecule has 0 radical (unpaired) electrons. The van der Waals surface area contributed by atoms with Gasteiger partial charge < -0.3 is 13.9 Å². The Morgan fingerprint density at radius 1 is 1.05 bits per heavy atom. The van der Waals surface area contributed by atoms with Crippen molar-refractivity contribution >= 4 is 11.0 Å². The van der Waals surface area contributed by atoms with Gasteiger partial charge >= 0.3 is 0 Å². The molecular weight excluding hydrogens is 240 g/mol. The minimum atomic E-state index is -0.788. The van der Waals surface area contributed by atoms with Crippen molar-refractivity contribution in [1.29, 1.82) is 0 Å². The highest BCUT2D eigenvalue weighted by Crippen LogP contribution is 2.32. The predicted octanol–water partition coefficient (Wildman–Crippen LogP) is 4.03. The van der Waals surface area contributed by atoms with E-state index in [1.54, 1.807) is 0 Å². The Kier molecular flexibility index (Phi) is 2.72. The molecule has 2 heterocycles. The minimum absolute atomic E-state index is 0.549. The van der Waals surface area contributed by atoms with Gasteiger partial charge in [-0.15, -0.1) is 0 Å². The van der Waals surface area contributed by atoms with Gasteiger partial charge in [-0.3, -0.25) is 0 Å². The molecule has 1 aromatic carbocycles. The number of rotatable bonds is 2. The maximum absolute atomic E-state index is 10.4. The summed E-state index contributed by atoms with van der Waals surface area (Å²) < 4.78 is 11.2. The number of aliphatic hydroxyl groups is 1. The SMILES string of the molecule is Cc1cc(C(O)c2cc3cccc(C)c3o2)c(C)o1. The standard InChI is InChI=1S/C16H16O3/c1-9-5-4-6-12-8-14(19-16(9)12)15(17)13-7-10(2)18-11(13)3/h4-8,15,17H,1-3H3. The normalized spacial score (nSPS) is 13.1. The van der Waals surface area contributed by atoms with E-state index < -0.39 is 6.10 Å². The van der Waals surface area contributed by atoms with Gasteiger partial charge in [0.15, 0.2) is 0 Å². The highest BCUT2D eigenvalue weighted by Gasteiger charge is 2.20. The van der Waals surface area contributed by atoms with E-state index >= 15 is 0 Å². The third-order valence-corrected chi connectivity index (χ3v) is 3.40. The van der Waals surface area contributed by atoms with Gasteiger partial charge in [0.25, 0.3) is 0 Å². The number of aliphatic hydroxyl groups excluding tert-OH is 1. The van der Waals surface area contributed by atoms with Gasteiger partial charge in [0.05, 0.1) is 0 Å². The Balaban J connectivity index is 2.09. The Morgan fingerprint density at radius 2 is 1.84 bits per heavy atom. The van der Waals surface area contributed by atoms with Gasteiger partial charge in [-0.1, -0.05) is 18.2 Å². The van der Waals surface area contributed by atoms with E-state index in [0.717, 1.165) is 33.6 Å². The summed E-state index contributed by atoms with van der Waals surface area (Å²) in [5, 5.41) is 11.4. The van der Waals surface area contributed by atoms with Crippen molar-refractivity contribution in [2.75, 3.05) is 0 Å². The maximum atomic E-state index is 10.4. The lowest BCUT2D eigenvalue weighted by Gasteiger charge is -2.05. The zero-order valence-corrected chi connectivity index (χ0v) is 11.2. The summed E-state index contributed by atoms with van der Waals surface area (Å²) >= 11 is 0. The Labute approximate surface area is 111 Å². The first-order chi connectivity index (χ1) is 9.06. The van der Waals surface area contributed by atoms with Crippen LogP contribution in [0.3, 0.4) is 0 Å². The molecule has 0 amide bonds. The fraction of sp³-hybridized carbons (Fsp3) is 0.250. The molecule has 1 atom stereocenters. The van der Waals surface area contributed by atoms with Crippen molar-refractivity contribution in [1.82, 2.24) is 0 Å². The van der Waals surface area contributed by atoms with Crippen molar-refractivity contribution in [3.63, 3.8) is 0 Å². The van der Waals surface area contributed by atoms with Crippen LogP contribution in [0.25, 0.3) is 11.0 Å². The van der Waals surface area contributed by atoms with E-state index in [2.05, 4.69) is 0 Å². The van der Waals surface area contributed by atoms with Gasteiger partial charge in [0.1, 0.15) is 29.0 Å². The van der Waals surface area contributed by atoms with Gasteiger partial charge in [0, 0.05) is 10.9 Å². The molecular formula is C16H16O3. The van der Waals surface area contributed by atoms with E-state index in [-0.39, 0.29) is 0 Å². The average molecular weight is 256 g/mol. The van der Waals surface area contributed by atoms with Crippen LogP contribution in [0.1, 0.15) is 34.5 Å². The third-order valence-electron chi connectivity index (χ3n) is 3.40. The summed E-state index contributed by atoms with van der Waals surface area (Å²) in [6.07, 6.45) is -0.788. The van der Waals surface area contributed by atoms with Crippen LogP contribution in [0.4, 0.5) is 0 Å². The third kappa shape index (κ3) is 1.96. The summed E-state index contributed by atoms with van der Waals surface area (Å²) in [4.78, 5) is 0. The second kappa shape index (κ2) is 4.28. The molecule has 0 fully saturated rings. The van der Waals surface area contributed by atoms with E-state index in [1.165, 1.54) is 0 Å². The van der Waals surface area contributed by atoms with Gasteiger partial charge in [-0.2, -0.15) is 0 Å². The van der Waals surface area contributed by atoms with Crippen LogP contribution >= 0.6 is 0 Å². The molecule has 2 aromatic heterocycles. The molecule has 3 nitrogen and oxygen atoms in total. The largest absolute Gasteiger partial charge is 0.466 e. The number of benzene rings is 1. The molecule has 3 heteroatoms. The average Bonchev–Trinajstić information content (AvgIpc) is 2.93. The molecule has 19 heavy (non-hydrogen) atoms. The number of hydrogen-bond donors (Lipinski definition) is 1. The molecule has 0 saturated carbocycles. The van der Waals surface area contributed by atoms with Crippen molar-refractivity contribution in [2.24, 2.45) is 0 Å². The molecule has 1 unspecified atom stereocenters. The van der Waals surface area contributed by atoms with Crippen molar-refractivity contribution in [3.8, 4) is 0 Å². The van der Waals surface area contributed by atoms with Crippen LogP contribution in [0.2, 0.25) is 0 Å². The second-order valence-electron chi connectivity index (χ2n) is 4.91. The molecule has 1 N–H and O–H groups in total. The zero-order chi connectivity index (χ0) is 13.6. The van der Waals surface area contributed by atoms with Gasteiger partial charge in [0.2, 0.25) is 0 Å². The molecule has 3 rings (SSSR count). The van der Waals surface area contributed by atoms with E-state index in [9.17, 15) is 5.11 Å². The summed E-state index contributed by atoms with van der Waals surface area (Å²) in [5.74, 6) is 2.06. The number of fused-ring (bicyclic) bond motifs is 1. The first-order valence-corrected chi connectivity index (χ1v) is 6.30. The lowest BCUT2D eigenvalue weighted by atomic mass is 10.1. The number of para-hydroxylation sites is 1. The number of furan rings is 2. The Bertz CT molecular complexity index is 734. The molecule has 0 saturated heterocycles. The van der Waals surface area contributed by atoms with Crippen molar-refractivity contribution in [2.45, 2.75) is 26.9 Å². The van der Waals surface area contributed by atoms with Gasteiger partial charge in [-0.25, -0.2) is 0 Å². The molecule has 98 valence electrons. The van der Waals surface area contributed by atoms with Crippen LogP contribution in [0.5, 0.6) is 0 Å². The summed E-state index contributed by atoms with van der Waals surface area (Å²) in [6.45, 7) is 5.71. The fourth-order valence-electron chi connectivity index (χ4n) is 2.44. The monoisotopic (exact) mass is 256 g/mol. The zero-order valence-electron chi connectivity index (χ0n) is 11.2. The minimum Gasteiger partial charge on any atom is -0.466 e. The summed E-state index contributed by atoms with van der Waals surface area (Å²) in [5.41, 5.74) is 2.65. The topological polar surface area (TPSA) is 46.5 Å². The fourth-order valence-corrected chi connectivity index (χ4v) is 2.44. The van der Waals surface area contributed by atoms with Crippen LogP contribution < -0.4 is 0 Å². The Morgan fingerprint density at radius 3 is 2.47 bits per heavy atom. The molecule has 0 aliphatic heterocycles. The highest BCUT2D eigenvalue weighted by atomic mass is 16.4. The molecule has 0 spiro atoms. The first-order valence-electron chi connectivity index (χ1n) is 6.30. The van der Waals surface area contributed by atoms with Crippen molar-refractivity contribution in [3.05, 3.63) is 58.7 Å². The van der Waals surface area contributed by atoms with Crippen LogP contribution in [-0.2, 0) is 0 Å². The Hall–Kier alpha value is -2.00. The summed E-state index contributed by atoms with van der Waals surface area (Å²) in [7, 11) is 0. The van der Waals surface area contributed by atoms with Crippen LogP contribution in [0, 0.1) is 20.8 Å². The van der Waals surface area contributed by atoms with E-state index in [4.69, 9.17) is 8.83 Å². The lowest BCUT2D eigenvalue weighted by Crippen LogP contribution is -1.97.